The molecule has 1 heterocycles. The number of fused-ring (bicyclic) bond motifs is 1. The van der Waals surface area contributed by atoms with E-state index in [1.807, 2.05) is 0 Å². The van der Waals surface area contributed by atoms with Crippen molar-refractivity contribution in [2.24, 2.45) is 0 Å². The lowest BCUT2D eigenvalue weighted by molar-refractivity contribution is -0.137. The van der Waals surface area contributed by atoms with E-state index >= 15 is 0 Å². The van der Waals surface area contributed by atoms with Crippen LogP contribution in [0.3, 0.4) is 0 Å². The smallest absolute Gasteiger partial charge is 0.260 e. The molecule has 1 aromatic heterocycles. The lowest BCUT2D eigenvalue weighted by Crippen LogP contribution is -2.11. The Bertz CT molecular complexity index is 344. The van der Waals surface area contributed by atoms with Crippen molar-refractivity contribution in [2.45, 2.75) is 31.9 Å². The molecule has 0 fully saturated rings. The largest absolute Gasteiger partial charge is 0.417 e. The molecule has 1 aliphatic carbocycles. The summed E-state index contributed by atoms with van der Waals surface area (Å²) in [5.41, 5.74) is 0.980. The molecule has 76 valence electrons. The first kappa shape index (κ1) is 9.49. The fourth-order valence-electron chi connectivity index (χ4n) is 1.74. The fraction of sp³-hybridized carbons (Fsp3) is 0.500. The van der Waals surface area contributed by atoms with Crippen LogP contribution in [0.5, 0.6) is 0 Å². The average molecular weight is 201 g/mol. The van der Waals surface area contributed by atoms with Gasteiger partial charge in [0.05, 0.1) is 5.56 Å². The molecule has 4 heteroatoms. The van der Waals surface area contributed by atoms with Gasteiger partial charge in [0.2, 0.25) is 0 Å². The highest BCUT2D eigenvalue weighted by atomic mass is 19.4. The minimum atomic E-state index is -4.26. The van der Waals surface area contributed by atoms with Crippen LogP contribution in [0.25, 0.3) is 0 Å². The molecule has 0 saturated heterocycles. The molecule has 1 aromatic rings. The third-order valence-corrected chi connectivity index (χ3v) is 2.50. The lowest BCUT2D eigenvalue weighted by Gasteiger charge is -2.16. The molecule has 0 radical (unpaired) electrons. The third kappa shape index (κ3) is 1.74. The summed E-state index contributed by atoms with van der Waals surface area (Å²) in [4.78, 5) is 3.87. The highest BCUT2D eigenvalue weighted by Crippen LogP contribution is 2.31. The average Bonchev–Trinajstić information content (AvgIpc) is 2.16. The number of pyridine rings is 1. The Labute approximate surface area is 80.0 Å². The molecule has 0 unspecified atom stereocenters. The maximum atomic E-state index is 12.3. The molecular weight excluding hydrogens is 191 g/mol. The highest BCUT2D eigenvalue weighted by molar-refractivity contribution is 5.28. The zero-order chi connectivity index (χ0) is 10.2. The van der Waals surface area contributed by atoms with Gasteiger partial charge in [0.25, 0.3) is 0 Å². The van der Waals surface area contributed by atoms with Crippen LogP contribution in [0, 0.1) is 0 Å². The Hall–Kier alpha value is -1.06. The summed E-state index contributed by atoms with van der Waals surface area (Å²) in [6.45, 7) is 0. The molecule has 0 spiro atoms. The Kier molecular flexibility index (Phi) is 2.21. The molecule has 0 aliphatic heterocycles. The first-order chi connectivity index (χ1) is 6.57. The van der Waals surface area contributed by atoms with E-state index in [1.165, 1.54) is 6.07 Å². The molecule has 2 rings (SSSR count). The number of alkyl halides is 3. The Morgan fingerprint density at radius 2 is 1.86 bits per heavy atom. The van der Waals surface area contributed by atoms with Crippen molar-refractivity contribution in [3.05, 3.63) is 29.1 Å². The lowest BCUT2D eigenvalue weighted by atomic mass is 9.95. The molecule has 0 bridgehead atoms. The number of halogens is 3. The minimum absolute atomic E-state index is 0.627. The molecule has 0 aromatic carbocycles. The van der Waals surface area contributed by atoms with Crippen LogP contribution >= 0.6 is 0 Å². The summed E-state index contributed by atoms with van der Waals surface area (Å²) in [5.74, 6) is 0. The summed E-state index contributed by atoms with van der Waals surface area (Å²) in [7, 11) is 0. The van der Waals surface area contributed by atoms with Crippen LogP contribution in [-0.4, -0.2) is 4.98 Å². The standard InChI is InChI=1S/C10H10F3N/c11-10(12,13)8-5-7-3-1-2-4-9(7)14-6-8/h5-6H,1-4H2. The molecule has 1 nitrogen and oxygen atoms in total. The van der Waals surface area contributed by atoms with Gasteiger partial charge in [-0.25, -0.2) is 0 Å². The maximum absolute atomic E-state index is 12.3. The van der Waals surface area contributed by atoms with Gasteiger partial charge < -0.3 is 0 Å². The van der Waals surface area contributed by atoms with Crippen LogP contribution < -0.4 is 0 Å². The second-order valence-corrected chi connectivity index (χ2v) is 3.53. The van der Waals surface area contributed by atoms with Crippen molar-refractivity contribution in [3.8, 4) is 0 Å². The van der Waals surface area contributed by atoms with Gasteiger partial charge in [-0.05, 0) is 37.3 Å². The summed E-state index contributed by atoms with van der Waals surface area (Å²) < 4.78 is 37.0. The molecule has 0 saturated carbocycles. The monoisotopic (exact) mass is 201 g/mol. The van der Waals surface area contributed by atoms with Gasteiger partial charge in [-0.15, -0.1) is 0 Å². The fourth-order valence-corrected chi connectivity index (χ4v) is 1.74. The van der Waals surface area contributed by atoms with E-state index in [0.29, 0.717) is 0 Å². The normalized spacial score (nSPS) is 16.5. The Balaban J connectivity index is 2.39. The van der Waals surface area contributed by atoms with E-state index in [1.54, 1.807) is 0 Å². The summed E-state index contributed by atoms with van der Waals surface area (Å²) in [6, 6.07) is 1.24. The van der Waals surface area contributed by atoms with Gasteiger partial charge in [-0.1, -0.05) is 0 Å². The van der Waals surface area contributed by atoms with E-state index in [0.717, 1.165) is 43.1 Å². The number of nitrogens with zero attached hydrogens (tertiary/aromatic N) is 1. The van der Waals surface area contributed by atoms with Gasteiger partial charge in [-0.3, -0.25) is 4.98 Å². The second-order valence-electron chi connectivity index (χ2n) is 3.53. The van der Waals surface area contributed by atoms with Crippen molar-refractivity contribution in [1.82, 2.24) is 4.98 Å². The van der Waals surface area contributed by atoms with Crippen LogP contribution in [-0.2, 0) is 19.0 Å². The van der Waals surface area contributed by atoms with E-state index < -0.39 is 11.7 Å². The number of aromatic nitrogens is 1. The van der Waals surface area contributed by atoms with Crippen LogP contribution in [0.2, 0.25) is 0 Å². The van der Waals surface area contributed by atoms with E-state index in [9.17, 15) is 13.2 Å². The minimum Gasteiger partial charge on any atom is -0.260 e. The van der Waals surface area contributed by atoms with Gasteiger partial charge in [0.1, 0.15) is 0 Å². The first-order valence-corrected chi connectivity index (χ1v) is 4.62. The Morgan fingerprint density at radius 3 is 2.57 bits per heavy atom. The second kappa shape index (κ2) is 3.26. The summed E-state index contributed by atoms with van der Waals surface area (Å²) in [6.07, 6.45) is 0.213. The third-order valence-electron chi connectivity index (χ3n) is 2.50. The zero-order valence-electron chi connectivity index (χ0n) is 7.56. The first-order valence-electron chi connectivity index (χ1n) is 4.62. The van der Waals surface area contributed by atoms with Crippen LogP contribution in [0.4, 0.5) is 13.2 Å². The van der Waals surface area contributed by atoms with Crippen molar-refractivity contribution in [3.63, 3.8) is 0 Å². The predicted octanol–water partition coefficient (Wildman–Crippen LogP) is 2.98. The molecule has 1 aliphatic rings. The number of hydrogen-bond donors (Lipinski definition) is 0. The number of hydrogen-bond acceptors (Lipinski definition) is 1. The predicted molar refractivity (Wildman–Crippen MR) is 45.9 cm³/mol. The maximum Gasteiger partial charge on any atom is 0.417 e. The summed E-state index contributed by atoms with van der Waals surface area (Å²) >= 11 is 0. The van der Waals surface area contributed by atoms with Crippen molar-refractivity contribution >= 4 is 0 Å². The van der Waals surface area contributed by atoms with E-state index in [-0.39, 0.29) is 0 Å². The molecule has 0 atom stereocenters. The quantitative estimate of drug-likeness (QED) is 0.628. The van der Waals surface area contributed by atoms with E-state index in [4.69, 9.17) is 0 Å². The van der Waals surface area contributed by atoms with Crippen molar-refractivity contribution < 1.29 is 13.2 Å². The van der Waals surface area contributed by atoms with Crippen LogP contribution in [0.15, 0.2) is 12.3 Å². The zero-order valence-corrected chi connectivity index (χ0v) is 7.56. The molecule has 0 amide bonds. The van der Waals surface area contributed by atoms with Gasteiger partial charge in [0.15, 0.2) is 0 Å². The van der Waals surface area contributed by atoms with Gasteiger partial charge in [0, 0.05) is 11.9 Å². The summed E-state index contributed by atoms with van der Waals surface area (Å²) in [5, 5.41) is 0. The number of aryl methyl sites for hydroxylation is 2. The van der Waals surface area contributed by atoms with Crippen molar-refractivity contribution in [1.29, 1.82) is 0 Å². The molecule has 14 heavy (non-hydrogen) atoms. The molecule has 0 N–H and O–H groups in total. The van der Waals surface area contributed by atoms with E-state index in [2.05, 4.69) is 4.98 Å². The van der Waals surface area contributed by atoms with Crippen molar-refractivity contribution in [2.75, 3.05) is 0 Å². The topological polar surface area (TPSA) is 12.9 Å². The number of rotatable bonds is 0. The SMILES string of the molecule is FC(F)(F)c1cnc2c(c1)CCCC2. The van der Waals surface area contributed by atoms with Gasteiger partial charge >= 0.3 is 6.18 Å². The Morgan fingerprint density at radius 1 is 1.14 bits per heavy atom. The highest BCUT2D eigenvalue weighted by Gasteiger charge is 2.31. The van der Waals surface area contributed by atoms with Gasteiger partial charge in [-0.2, -0.15) is 13.2 Å². The van der Waals surface area contributed by atoms with Crippen LogP contribution in [0.1, 0.15) is 29.7 Å². The molecular formula is C10H10F3N.